The van der Waals surface area contributed by atoms with Crippen molar-refractivity contribution in [3.8, 4) is 0 Å². The van der Waals surface area contributed by atoms with Gasteiger partial charge in [0.2, 0.25) is 4.58 Å². The number of halogens is 3. The molecular formula is C15H25BrClFN2. The van der Waals surface area contributed by atoms with Crippen LogP contribution in [0, 0.1) is 0 Å². The topological polar surface area (TPSA) is 29.3 Å². The molecule has 0 radical (unpaired) electrons. The van der Waals surface area contributed by atoms with Gasteiger partial charge < -0.3 is 5.73 Å². The summed E-state index contributed by atoms with van der Waals surface area (Å²) in [5, 5.41) is 0. The summed E-state index contributed by atoms with van der Waals surface area (Å²) in [6.45, 7) is 3.96. The number of nitrogens with two attached hydrogens (primary N) is 1. The van der Waals surface area contributed by atoms with Crippen molar-refractivity contribution in [3.63, 3.8) is 0 Å². The number of allylic oxidation sites excluding steroid dienone is 2. The zero-order chi connectivity index (χ0) is 13.9. The maximum absolute atomic E-state index is 14.2. The molecule has 2 rings (SSSR count). The van der Waals surface area contributed by atoms with Crippen molar-refractivity contribution < 1.29 is 4.39 Å². The third-order valence-electron chi connectivity index (χ3n) is 4.33. The largest absolute Gasteiger partial charge is 0.321 e. The molecule has 5 heteroatoms. The molecule has 2 N–H and O–H groups in total. The summed E-state index contributed by atoms with van der Waals surface area (Å²) >= 11 is 3.07. The molecule has 1 fully saturated rings. The highest BCUT2D eigenvalue weighted by atomic mass is 79.9. The number of alkyl halides is 2. The Bertz CT molecular complexity index is 365. The van der Waals surface area contributed by atoms with Crippen LogP contribution in [0.2, 0.25) is 0 Å². The van der Waals surface area contributed by atoms with Crippen LogP contribution >= 0.6 is 28.3 Å². The van der Waals surface area contributed by atoms with Crippen LogP contribution < -0.4 is 5.73 Å². The van der Waals surface area contributed by atoms with E-state index >= 15 is 0 Å². The van der Waals surface area contributed by atoms with Crippen LogP contribution in [0.1, 0.15) is 39.0 Å². The molecule has 2 unspecified atom stereocenters. The molecule has 116 valence electrons. The van der Waals surface area contributed by atoms with Crippen LogP contribution in [0.3, 0.4) is 0 Å². The smallest absolute Gasteiger partial charge is 0.202 e. The number of hydrogen-bond acceptors (Lipinski definition) is 2. The number of hydrogen-bond donors (Lipinski definition) is 1. The monoisotopic (exact) mass is 366 g/mol. The molecule has 2 aliphatic rings. The van der Waals surface area contributed by atoms with Gasteiger partial charge in [-0.1, -0.05) is 38.3 Å². The SMILES string of the molecule is CCN(CC1=CC=CC(F)(Br)C1N)C1CCCCC1.Cl. The molecule has 0 saturated heterocycles. The Kier molecular flexibility index (Phi) is 7.19. The maximum atomic E-state index is 14.2. The van der Waals surface area contributed by atoms with E-state index in [1.807, 2.05) is 6.08 Å². The number of rotatable bonds is 4. The minimum Gasteiger partial charge on any atom is -0.321 e. The van der Waals surface area contributed by atoms with Gasteiger partial charge in [-0.05, 0) is 47.0 Å². The van der Waals surface area contributed by atoms with Gasteiger partial charge in [0.25, 0.3) is 0 Å². The summed E-state index contributed by atoms with van der Waals surface area (Å²) in [5.41, 5.74) is 7.00. The van der Waals surface area contributed by atoms with Crippen molar-refractivity contribution in [3.05, 3.63) is 23.8 Å². The Hall–Kier alpha value is 0.1000. The lowest BCUT2D eigenvalue weighted by Crippen LogP contribution is -2.46. The van der Waals surface area contributed by atoms with E-state index < -0.39 is 10.6 Å². The Morgan fingerprint density at radius 2 is 2.05 bits per heavy atom. The van der Waals surface area contributed by atoms with E-state index in [1.54, 1.807) is 6.08 Å². The van der Waals surface area contributed by atoms with E-state index in [9.17, 15) is 4.39 Å². The third-order valence-corrected chi connectivity index (χ3v) is 5.08. The Morgan fingerprint density at radius 3 is 2.65 bits per heavy atom. The van der Waals surface area contributed by atoms with Crippen LogP contribution in [0.5, 0.6) is 0 Å². The van der Waals surface area contributed by atoms with E-state index in [-0.39, 0.29) is 12.4 Å². The fraction of sp³-hybridized carbons (Fsp3) is 0.733. The van der Waals surface area contributed by atoms with E-state index in [0.29, 0.717) is 6.04 Å². The molecule has 0 bridgehead atoms. The van der Waals surface area contributed by atoms with Gasteiger partial charge in [0.1, 0.15) is 0 Å². The minimum absolute atomic E-state index is 0. The first-order valence-corrected chi connectivity index (χ1v) is 8.09. The highest BCUT2D eigenvalue weighted by Gasteiger charge is 2.36. The second-order valence-electron chi connectivity index (χ2n) is 5.61. The van der Waals surface area contributed by atoms with E-state index in [1.165, 1.54) is 38.2 Å². The molecule has 0 heterocycles. The highest BCUT2D eigenvalue weighted by molar-refractivity contribution is 9.10. The summed E-state index contributed by atoms with van der Waals surface area (Å²) in [7, 11) is 0. The zero-order valence-electron chi connectivity index (χ0n) is 12.0. The molecule has 0 aromatic heterocycles. The van der Waals surface area contributed by atoms with Gasteiger partial charge >= 0.3 is 0 Å². The quantitative estimate of drug-likeness (QED) is 0.762. The van der Waals surface area contributed by atoms with Crippen molar-refractivity contribution >= 4 is 28.3 Å². The molecule has 0 amide bonds. The lowest BCUT2D eigenvalue weighted by molar-refractivity contribution is 0.171. The van der Waals surface area contributed by atoms with Crippen LogP contribution in [0.25, 0.3) is 0 Å². The van der Waals surface area contributed by atoms with Gasteiger partial charge in [-0.25, -0.2) is 4.39 Å². The first-order chi connectivity index (χ1) is 9.04. The minimum atomic E-state index is -1.59. The molecule has 0 aromatic rings. The predicted octanol–water partition coefficient (Wildman–Crippen LogP) is 3.95. The Morgan fingerprint density at radius 1 is 1.40 bits per heavy atom. The fourth-order valence-electron chi connectivity index (χ4n) is 3.09. The molecule has 20 heavy (non-hydrogen) atoms. The molecule has 2 atom stereocenters. The van der Waals surface area contributed by atoms with Crippen LogP contribution in [0.15, 0.2) is 23.8 Å². The standard InChI is InChI=1S/C15H24BrFN2.ClH/c1-2-19(13-8-4-3-5-9-13)11-12-7-6-10-15(16,17)14(12)18;/h6-7,10,13-14H,2-5,8-9,11,18H2,1H3;1H. The molecule has 2 aliphatic carbocycles. The average Bonchev–Trinajstić information content (AvgIpc) is 2.41. The predicted molar refractivity (Wildman–Crippen MR) is 89.3 cm³/mol. The Balaban J connectivity index is 0.00000200. The van der Waals surface area contributed by atoms with Crippen molar-refractivity contribution in [2.45, 2.75) is 55.7 Å². The normalized spacial score (nSPS) is 31.1. The van der Waals surface area contributed by atoms with Gasteiger partial charge in [-0.3, -0.25) is 4.90 Å². The third kappa shape index (κ3) is 4.30. The number of nitrogens with zero attached hydrogens (tertiary/aromatic N) is 1. The lowest BCUT2D eigenvalue weighted by atomic mass is 9.92. The highest BCUT2D eigenvalue weighted by Crippen LogP contribution is 2.33. The van der Waals surface area contributed by atoms with E-state index in [4.69, 9.17) is 5.73 Å². The summed E-state index contributed by atoms with van der Waals surface area (Å²) in [5.74, 6) is 0. The first-order valence-electron chi connectivity index (χ1n) is 7.30. The molecule has 0 aromatic carbocycles. The fourth-order valence-corrected chi connectivity index (χ4v) is 3.53. The van der Waals surface area contributed by atoms with Gasteiger partial charge in [-0.2, -0.15) is 0 Å². The van der Waals surface area contributed by atoms with Gasteiger partial charge in [-0.15, -0.1) is 12.4 Å². The van der Waals surface area contributed by atoms with Gasteiger partial charge in [0, 0.05) is 12.6 Å². The van der Waals surface area contributed by atoms with E-state index in [0.717, 1.165) is 18.7 Å². The van der Waals surface area contributed by atoms with Crippen molar-refractivity contribution in [1.82, 2.24) is 4.90 Å². The first kappa shape index (κ1) is 18.1. The maximum Gasteiger partial charge on any atom is 0.202 e. The van der Waals surface area contributed by atoms with Crippen LogP contribution in [-0.2, 0) is 0 Å². The van der Waals surface area contributed by atoms with Crippen molar-refractivity contribution in [1.29, 1.82) is 0 Å². The lowest BCUT2D eigenvalue weighted by Gasteiger charge is -2.37. The van der Waals surface area contributed by atoms with Gasteiger partial charge in [0.05, 0.1) is 6.04 Å². The van der Waals surface area contributed by atoms with Crippen molar-refractivity contribution in [2.24, 2.45) is 5.73 Å². The molecule has 0 aliphatic heterocycles. The molecule has 0 spiro atoms. The Labute approximate surface area is 136 Å². The summed E-state index contributed by atoms with van der Waals surface area (Å²) in [6, 6.07) is 0.0530. The molecule has 1 saturated carbocycles. The number of likely N-dealkylation sites (N-methyl/N-ethyl adjacent to an activating group) is 1. The molecular weight excluding hydrogens is 343 g/mol. The zero-order valence-corrected chi connectivity index (χ0v) is 14.4. The summed E-state index contributed by atoms with van der Waals surface area (Å²) in [4.78, 5) is 2.45. The van der Waals surface area contributed by atoms with Gasteiger partial charge in [0.15, 0.2) is 0 Å². The molecule has 2 nitrogen and oxygen atoms in total. The summed E-state index contributed by atoms with van der Waals surface area (Å²) < 4.78 is 12.6. The van der Waals surface area contributed by atoms with Crippen LogP contribution in [-0.4, -0.2) is 34.7 Å². The second-order valence-corrected chi connectivity index (χ2v) is 6.82. The van der Waals surface area contributed by atoms with E-state index in [2.05, 4.69) is 27.8 Å². The summed E-state index contributed by atoms with van der Waals surface area (Å²) in [6.07, 6.45) is 11.7. The second kappa shape index (κ2) is 7.92. The average molecular weight is 368 g/mol. The van der Waals surface area contributed by atoms with Crippen LogP contribution in [0.4, 0.5) is 4.39 Å². The van der Waals surface area contributed by atoms with Crippen molar-refractivity contribution in [2.75, 3.05) is 13.1 Å².